The Morgan fingerprint density at radius 1 is 1.64 bits per heavy atom. The number of carbonyl (C=O) groups is 2. The normalized spacial score (nSPS) is 33.5. The second-order valence-corrected chi connectivity index (χ2v) is 3.02. The number of nitrogens with zero attached hydrogens (tertiary/aromatic N) is 1. The van der Waals surface area contributed by atoms with Gasteiger partial charge in [0.15, 0.2) is 0 Å². The van der Waals surface area contributed by atoms with Crippen LogP contribution in [-0.2, 0) is 9.59 Å². The monoisotopic (exact) mass is 151 g/mol. The minimum absolute atomic E-state index is 0.0103. The van der Waals surface area contributed by atoms with Gasteiger partial charge in [-0.25, -0.2) is 0 Å². The maximum absolute atomic E-state index is 11.3. The quantitative estimate of drug-likeness (QED) is 0.467. The first kappa shape index (κ1) is 6.58. The lowest BCUT2D eigenvalue weighted by molar-refractivity contribution is -0.143. The molecule has 0 spiro atoms. The van der Waals surface area contributed by atoms with Gasteiger partial charge in [-0.3, -0.25) is 14.5 Å². The predicted octanol–water partition coefficient (Wildman–Crippen LogP) is 0.320. The summed E-state index contributed by atoms with van der Waals surface area (Å²) in [5.41, 5.74) is 0. The highest BCUT2D eigenvalue weighted by Crippen LogP contribution is 2.32. The van der Waals surface area contributed by atoms with Crippen LogP contribution >= 0.6 is 0 Å². The molecular weight excluding hydrogens is 142 g/mol. The molecule has 0 N–H and O–H groups in total. The molecule has 0 aromatic heterocycles. The van der Waals surface area contributed by atoms with Crippen molar-refractivity contribution in [3.8, 4) is 0 Å². The molecule has 3 heteroatoms. The Labute approximate surface area is 64.7 Å². The number of fused-ring (bicyclic) bond motifs is 2. The van der Waals surface area contributed by atoms with Gasteiger partial charge in [-0.2, -0.15) is 0 Å². The van der Waals surface area contributed by atoms with Crippen LogP contribution in [0.4, 0.5) is 0 Å². The van der Waals surface area contributed by atoms with Crippen LogP contribution in [0.2, 0.25) is 0 Å². The molecule has 0 saturated carbocycles. The fourth-order valence-corrected chi connectivity index (χ4v) is 1.79. The first-order valence-corrected chi connectivity index (χ1v) is 3.72. The third kappa shape index (κ3) is 0.737. The van der Waals surface area contributed by atoms with Gasteiger partial charge in [0.05, 0.1) is 12.0 Å². The Morgan fingerprint density at radius 3 is 2.73 bits per heavy atom. The molecule has 58 valence electrons. The Bertz CT molecular complexity index is 257. The van der Waals surface area contributed by atoms with Crippen molar-refractivity contribution in [1.82, 2.24) is 4.90 Å². The first-order valence-electron chi connectivity index (χ1n) is 3.72. The molecule has 2 amide bonds. The fraction of sp³-hybridized carbons (Fsp3) is 0.500. The molecule has 0 aromatic rings. The SMILES string of the molecule is CC(=O)N1C(=O)[C@H]2C=C[C@H]1C2. The summed E-state index contributed by atoms with van der Waals surface area (Å²) < 4.78 is 0. The maximum Gasteiger partial charge on any atom is 0.236 e. The minimum atomic E-state index is -0.133. The number of amides is 2. The number of hydrogen-bond acceptors (Lipinski definition) is 2. The van der Waals surface area contributed by atoms with E-state index in [9.17, 15) is 9.59 Å². The lowest BCUT2D eigenvalue weighted by Gasteiger charge is -2.19. The number of carbonyl (C=O) groups excluding carboxylic acids is 2. The van der Waals surface area contributed by atoms with E-state index in [2.05, 4.69) is 0 Å². The molecule has 2 bridgehead atoms. The van der Waals surface area contributed by atoms with Crippen molar-refractivity contribution in [3.63, 3.8) is 0 Å². The molecular formula is C8H9NO2. The molecule has 1 heterocycles. The molecule has 1 fully saturated rings. The molecule has 1 aliphatic carbocycles. The van der Waals surface area contributed by atoms with E-state index in [1.54, 1.807) is 0 Å². The van der Waals surface area contributed by atoms with Crippen LogP contribution < -0.4 is 0 Å². The van der Waals surface area contributed by atoms with Crippen LogP contribution in [0.25, 0.3) is 0 Å². The molecule has 11 heavy (non-hydrogen) atoms. The smallest absolute Gasteiger partial charge is 0.236 e. The van der Waals surface area contributed by atoms with E-state index in [1.807, 2.05) is 12.2 Å². The zero-order chi connectivity index (χ0) is 8.01. The molecule has 3 nitrogen and oxygen atoms in total. The number of imide groups is 1. The van der Waals surface area contributed by atoms with E-state index in [0.717, 1.165) is 6.42 Å². The maximum atomic E-state index is 11.3. The van der Waals surface area contributed by atoms with Crippen LogP contribution in [0.1, 0.15) is 13.3 Å². The van der Waals surface area contributed by atoms with Gasteiger partial charge in [-0.1, -0.05) is 12.2 Å². The summed E-state index contributed by atoms with van der Waals surface area (Å²) in [6.45, 7) is 1.44. The van der Waals surface area contributed by atoms with Gasteiger partial charge in [0.25, 0.3) is 0 Å². The zero-order valence-corrected chi connectivity index (χ0v) is 6.28. The lowest BCUT2D eigenvalue weighted by Crippen LogP contribution is -2.38. The first-order chi connectivity index (χ1) is 5.20. The van der Waals surface area contributed by atoms with Gasteiger partial charge in [-0.15, -0.1) is 0 Å². The summed E-state index contributed by atoms with van der Waals surface area (Å²) in [6.07, 6.45) is 4.64. The van der Waals surface area contributed by atoms with Crippen molar-refractivity contribution in [2.45, 2.75) is 19.4 Å². The highest BCUT2D eigenvalue weighted by atomic mass is 16.2. The van der Waals surface area contributed by atoms with Crippen molar-refractivity contribution < 1.29 is 9.59 Å². The number of hydrogen-bond donors (Lipinski definition) is 0. The largest absolute Gasteiger partial charge is 0.275 e. The molecule has 0 radical (unpaired) electrons. The van der Waals surface area contributed by atoms with Crippen molar-refractivity contribution in [2.24, 2.45) is 5.92 Å². The third-order valence-electron chi connectivity index (χ3n) is 2.29. The van der Waals surface area contributed by atoms with Crippen molar-refractivity contribution >= 4 is 11.8 Å². The number of likely N-dealkylation sites (tertiary alicyclic amines) is 1. The lowest BCUT2D eigenvalue weighted by atomic mass is 10.1. The van der Waals surface area contributed by atoms with E-state index < -0.39 is 0 Å². The summed E-state index contributed by atoms with van der Waals surface area (Å²) in [6, 6.07) is 0.0602. The average Bonchev–Trinajstić information content (AvgIpc) is 2.44. The molecule has 0 unspecified atom stereocenters. The zero-order valence-electron chi connectivity index (χ0n) is 6.28. The second kappa shape index (κ2) is 1.94. The van der Waals surface area contributed by atoms with E-state index in [1.165, 1.54) is 11.8 Å². The Kier molecular flexibility index (Phi) is 1.16. The van der Waals surface area contributed by atoms with Crippen molar-refractivity contribution in [2.75, 3.05) is 0 Å². The molecule has 2 atom stereocenters. The van der Waals surface area contributed by atoms with Crippen LogP contribution in [0.15, 0.2) is 12.2 Å². The molecule has 1 saturated heterocycles. The highest BCUT2D eigenvalue weighted by Gasteiger charge is 2.42. The Hall–Kier alpha value is -1.12. The summed E-state index contributed by atoms with van der Waals surface area (Å²) in [7, 11) is 0. The standard InChI is InChI=1S/C8H9NO2/c1-5(10)9-7-3-2-6(4-7)8(9)11/h2-3,6-7H,4H2,1H3/t6-,7-/m0/s1. The Balaban J connectivity index is 2.32. The van der Waals surface area contributed by atoms with Gasteiger partial charge in [0.1, 0.15) is 0 Å². The van der Waals surface area contributed by atoms with E-state index in [-0.39, 0.29) is 23.8 Å². The van der Waals surface area contributed by atoms with Gasteiger partial charge in [0, 0.05) is 6.92 Å². The average molecular weight is 151 g/mol. The van der Waals surface area contributed by atoms with E-state index in [0.29, 0.717) is 0 Å². The number of rotatable bonds is 0. The van der Waals surface area contributed by atoms with Gasteiger partial charge < -0.3 is 0 Å². The summed E-state index contributed by atoms with van der Waals surface area (Å²) in [5.74, 6) is -0.166. The topological polar surface area (TPSA) is 37.4 Å². The van der Waals surface area contributed by atoms with Crippen molar-refractivity contribution in [3.05, 3.63) is 12.2 Å². The van der Waals surface area contributed by atoms with Gasteiger partial charge in [0.2, 0.25) is 11.8 Å². The third-order valence-corrected chi connectivity index (χ3v) is 2.29. The van der Waals surface area contributed by atoms with Crippen molar-refractivity contribution in [1.29, 1.82) is 0 Å². The van der Waals surface area contributed by atoms with Crippen LogP contribution in [0.5, 0.6) is 0 Å². The fourth-order valence-electron chi connectivity index (χ4n) is 1.79. The van der Waals surface area contributed by atoms with E-state index in [4.69, 9.17) is 0 Å². The van der Waals surface area contributed by atoms with Gasteiger partial charge >= 0.3 is 0 Å². The highest BCUT2D eigenvalue weighted by molar-refractivity contribution is 5.99. The van der Waals surface area contributed by atoms with Crippen LogP contribution in [-0.4, -0.2) is 22.8 Å². The van der Waals surface area contributed by atoms with Gasteiger partial charge in [-0.05, 0) is 6.42 Å². The summed E-state index contributed by atoms with van der Waals surface area (Å²) >= 11 is 0. The Morgan fingerprint density at radius 2 is 2.36 bits per heavy atom. The molecule has 2 aliphatic rings. The summed E-state index contributed by atoms with van der Waals surface area (Å²) in [5, 5.41) is 0. The van der Waals surface area contributed by atoms with E-state index >= 15 is 0 Å². The molecule has 0 aromatic carbocycles. The van der Waals surface area contributed by atoms with Crippen LogP contribution in [0, 0.1) is 5.92 Å². The van der Waals surface area contributed by atoms with Crippen LogP contribution in [0.3, 0.4) is 0 Å². The minimum Gasteiger partial charge on any atom is -0.275 e. The molecule has 1 aliphatic heterocycles. The second-order valence-electron chi connectivity index (χ2n) is 3.02. The molecule has 2 rings (SSSR count). The predicted molar refractivity (Wildman–Crippen MR) is 38.6 cm³/mol. The summed E-state index contributed by atoms with van der Waals surface area (Å²) in [4.78, 5) is 23.5.